The van der Waals surface area contributed by atoms with Crippen LogP contribution in [0.3, 0.4) is 0 Å². The topological polar surface area (TPSA) is 66.5 Å². The van der Waals surface area contributed by atoms with Gasteiger partial charge in [-0.1, -0.05) is 24.3 Å². The van der Waals surface area contributed by atoms with Crippen LogP contribution in [0.5, 0.6) is 0 Å². The molecule has 78 valence electrons. The van der Waals surface area contributed by atoms with E-state index in [9.17, 15) is 5.11 Å². The first kappa shape index (κ1) is 11.2. The van der Waals surface area contributed by atoms with Crippen LogP contribution in [0.2, 0.25) is 0 Å². The lowest BCUT2D eigenvalue weighted by atomic mass is 10.0. The van der Waals surface area contributed by atoms with Gasteiger partial charge in [0.05, 0.1) is 6.61 Å². The highest BCUT2D eigenvalue weighted by Crippen LogP contribution is 2.13. The standard InChI is InChI=1S/C11H17NO2/c12-7-1-2-9-3-5-10(6-4-9)11(14)8-13/h3-6,11,13-14H,1-2,7-8,12H2. The Hall–Kier alpha value is -0.900. The predicted octanol–water partition coefficient (Wildman–Crippen LogP) is 0.604. The second kappa shape index (κ2) is 5.75. The van der Waals surface area contributed by atoms with Gasteiger partial charge in [-0.25, -0.2) is 0 Å². The molecule has 0 radical (unpaired) electrons. The van der Waals surface area contributed by atoms with Crippen molar-refractivity contribution < 1.29 is 10.2 Å². The highest BCUT2D eigenvalue weighted by atomic mass is 16.3. The number of aliphatic hydroxyl groups excluding tert-OH is 2. The van der Waals surface area contributed by atoms with Crippen LogP contribution >= 0.6 is 0 Å². The second-order valence-corrected chi connectivity index (χ2v) is 3.33. The van der Waals surface area contributed by atoms with Crippen LogP contribution in [0.15, 0.2) is 24.3 Å². The van der Waals surface area contributed by atoms with Gasteiger partial charge in [-0.3, -0.25) is 0 Å². The Bertz CT molecular complexity index is 258. The molecular weight excluding hydrogens is 178 g/mol. The van der Waals surface area contributed by atoms with E-state index in [4.69, 9.17) is 10.8 Å². The molecule has 3 nitrogen and oxygen atoms in total. The quantitative estimate of drug-likeness (QED) is 0.644. The molecule has 1 rings (SSSR count). The number of benzene rings is 1. The fourth-order valence-electron chi connectivity index (χ4n) is 1.32. The Kier molecular flexibility index (Phi) is 4.59. The Balaban J connectivity index is 2.59. The lowest BCUT2D eigenvalue weighted by molar-refractivity contribution is 0.0956. The molecule has 0 saturated heterocycles. The van der Waals surface area contributed by atoms with Gasteiger partial charge < -0.3 is 15.9 Å². The molecule has 0 fully saturated rings. The van der Waals surface area contributed by atoms with Gasteiger partial charge in [-0.05, 0) is 30.5 Å². The van der Waals surface area contributed by atoms with Gasteiger partial charge in [0.2, 0.25) is 0 Å². The molecule has 0 aliphatic heterocycles. The molecular formula is C11H17NO2. The number of aliphatic hydroxyl groups is 2. The van der Waals surface area contributed by atoms with Crippen molar-refractivity contribution in [1.29, 1.82) is 0 Å². The van der Waals surface area contributed by atoms with Crippen molar-refractivity contribution in [3.63, 3.8) is 0 Å². The summed E-state index contributed by atoms with van der Waals surface area (Å²) in [6.07, 6.45) is 1.17. The Morgan fingerprint density at radius 1 is 1.21 bits per heavy atom. The van der Waals surface area contributed by atoms with Gasteiger partial charge >= 0.3 is 0 Å². The van der Waals surface area contributed by atoms with Crippen LogP contribution in [0.25, 0.3) is 0 Å². The molecule has 1 aromatic rings. The Labute approximate surface area is 84.2 Å². The minimum Gasteiger partial charge on any atom is -0.393 e. The largest absolute Gasteiger partial charge is 0.393 e. The van der Waals surface area contributed by atoms with E-state index in [0.29, 0.717) is 6.54 Å². The normalized spacial score (nSPS) is 12.8. The van der Waals surface area contributed by atoms with Crippen LogP contribution in [-0.4, -0.2) is 23.4 Å². The van der Waals surface area contributed by atoms with Crippen molar-refractivity contribution in [2.75, 3.05) is 13.2 Å². The molecule has 0 spiro atoms. The highest BCUT2D eigenvalue weighted by Gasteiger charge is 2.04. The lowest BCUT2D eigenvalue weighted by Crippen LogP contribution is -2.03. The molecule has 0 saturated carbocycles. The smallest absolute Gasteiger partial charge is 0.102 e. The number of hydrogen-bond donors (Lipinski definition) is 3. The summed E-state index contributed by atoms with van der Waals surface area (Å²) in [5.74, 6) is 0. The van der Waals surface area contributed by atoms with Crippen molar-refractivity contribution in [2.24, 2.45) is 5.73 Å². The molecule has 0 heterocycles. The second-order valence-electron chi connectivity index (χ2n) is 3.33. The summed E-state index contributed by atoms with van der Waals surface area (Å²) >= 11 is 0. The maximum atomic E-state index is 9.33. The van der Waals surface area contributed by atoms with Crippen LogP contribution in [0, 0.1) is 0 Å². The summed E-state index contributed by atoms with van der Waals surface area (Å²) in [5, 5.41) is 18.1. The minimum atomic E-state index is -0.765. The van der Waals surface area contributed by atoms with E-state index in [1.54, 1.807) is 0 Å². The summed E-state index contributed by atoms with van der Waals surface area (Å²) in [6.45, 7) is 0.461. The monoisotopic (exact) mass is 195 g/mol. The number of nitrogens with two attached hydrogens (primary N) is 1. The fourth-order valence-corrected chi connectivity index (χ4v) is 1.32. The van der Waals surface area contributed by atoms with Gasteiger partial charge in [0, 0.05) is 0 Å². The van der Waals surface area contributed by atoms with Crippen molar-refractivity contribution in [1.82, 2.24) is 0 Å². The molecule has 0 aliphatic carbocycles. The molecule has 0 aliphatic rings. The van der Waals surface area contributed by atoms with E-state index in [1.165, 1.54) is 5.56 Å². The molecule has 14 heavy (non-hydrogen) atoms. The predicted molar refractivity (Wildman–Crippen MR) is 55.9 cm³/mol. The third-order valence-electron chi connectivity index (χ3n) is 2.21. The van der Waals surface area contributed by atoms with Crippen molar-refractivity contribution in [3.8, 4) is 0 Å². The fraction of sp³-hybridized carbons (Fsp3) is 0.455. The molecule has 0 aromatic heterocycles. The number of rotatable bonds is 5. The zero-order valence-electron chi connectivity index (χ0n) is 8.19. The number of aryl methyl sites for hydroxylation is 1. The summed E-state index contributed by atoms with van der Waals surface area (Å²) in [6, 6.07) is 7.60. The molecule has 0 bridgehead atoms. The maximum Gasteiger partial charge on any atom is 0.102 e. The average Bonchev–Trinajstić information content (AvgIpc) is 2.26. The average molecular weight is 195 g/mol. The van der Waals surface area contributed by atoms with Gasteiger partial charge in [0.25, 0.3) is 0 Å². The SMILES string of the molecule is NCCCc1ccc(C(O)CO)cc1. The van der Waals surface area contributed by atoms with Crippen molar-refractivity contribution >= 4 is 0 Å². The van der Waals surface area contributed by atoms with Crippen molar-refractivity contribution in [3.05, 3.63) is 35.4 Å². The first-order chi connectivity index (χ1) is 6.77. The first-order valence-corrected chi connectivity index (χ1v) is 4.85. The van der Waals surface area contributed by atoms with Crippen molar-refractivity contribution in [2.45, 2.75) is 18.9 Å². The van der Waals surface area contributed by atoms with Crippen LogP contribution in [-0.2, 0) is 6.42 Å². The van der Waals surface area contributed by atoms with Gasteiger partial charge in [-0.15, -0.1) is 0 Å². The van der Waals surface area contributed by atoms with E-state index in [1.807, 2.05) is 24.3 Å². The van der Waals surface area contributed by atoms with Gasteiger partial charge in [0.1, 0.15) is 6.10 Å². The van der Waals surface area contributed by atoms with E-state index < -0.39 is 6.10 Å². The first-order valence-electron chi connectivity index (χ1n) is 4.85. The van der Waals surface area contributed by atoms with Crippen LogP contribution in [0.4, 0.5) is 0 Å². The van der Waals surface area contributed by atoms with Gasteiger partial charge in [0.15, 0.2) is 0 Å². The molecule has 3 heteroatoms. The molecule has 1 unspecified atom stereocenters. The highest BCUT2D eigenvalue weighted by molar-refractivity contribution is 5.24. The molecule has 0 amide bonds. The van der Waals surface area contributed by atoms with Gasteiger partial charge in [-0.2, -0.15) is 0 Å². The Morgan fingerprint density at radius 3 is 2.36 bits per heavy atom. The summed E-state index contributed by atoms with van der Waals surface area (Å²) in [7, 11) is 0. The number of hydrogen-bond acceptors (Lipinski definition) is 3. The minimum absolute atomic E-state index is 0.234. The zero-order chi connectivity index (χ0) is 10.4. The summed E-state index contributed by atoms with van der Waals surface area (Å²) < 4.78 is 0. The molecule has 1 atom stereocenters. The zero-order valence-corrected chi connectivity index (χ0v) is 8.19. The third kappa shape index (κ3) is 3.10. The third-order valence-corrected chi connectivity index (χ3v) is 2.21. The van der Waals surface area contributed by atoms with Crippen LogP contribution < -0.4 is 5.73 Å². The molecule has 4 N–H and O–H groups in total. The summed E-state index contributed by atoms with van der Waals surface area (Å²) in [4.78, 5) is 0. The Morgan fingerprint density at radius 2 is 1.86 bits per heavy atom. The molecule has 1 aromatic carbocycles. The lowest BCUT2D eigenvalue weighted by Gasteiger charge is -2.08. The van der Waals surface area contributed by atoms with E-state index in [0.717, 1.165) is 18.4 Å². The maximum absolute atomic E-state index is 9.33. The van der Waals surface area contributed by atoms with Crippen LogP contribution in [0.1, 0.15) is 23.7 Å². The van der Waals surface area contributed by atoms with E-state index in [-0.39, 0.29) is 6.61 Å². The van der Waals surface area contributed by atoms with E-state index >= 15 is 0 Å². The summed E-state index contributed by atoms with van der Waals surface area (Å²) in [5.41, 5.74) is 7.37. The van der Waals surface area contributed by atoms with E-state index in [2.05, 4.69) is 0 Å².